The molecular formula is C46H60N8O9S. The van der Waals surface area contributed by atoms with Crippen LogP contribution in [0.1, 0.15) is 103 Å². The number of carbonyl (C=O) groups excluding carboxylic acids is 4. The second kappa shape index (κ2) is 18.4. The van der Waals surface area contributed by atoms with Crippen molar-refractivity contribution < 1.29 is 41.5 Å². The number of para-hydroxylation sites is 1. The minimum Gasteiger partial charge on any atom is -0.459 e. The second-order valence-corrected chi connectivity index (χ2v) is 20.3. The van der Waals surface area contributed by atoms with Crippen molar-refractivity contribution in [2.24, 2.45) is 5.92 Å². The van der Waals surface area contributed by atoms with Gasteiger partial charge in [-0.05, 0) is 84.9 Å². The molecule has 1 aliphatic carbocycles. The van der Waals surface area contributed by atoms with Gasteiger partial charge in [-0.25, -0.2) is 14.5 Å². The molecule has 2 aliphatic heterocycles. The molecule has 4 aromatic rings. The molecule has 17 nitrogen and oxygen atoms in total. The number of allylic oxidation sites excluding steroid dienone is 1. The molecule has 0 unspecified atom stereocenters. The highest BCUT2D eigenvalue weighted by atomic mass is 32.2. The molecule has 0 bridgehead atoms. The molecule has 1 saturated carbocycles. The van der Waals surface area contributed by atoms with E-state index in [9.17, 15) is 27.6 Å². The van der Waals surface area contributed by atoms with Crippen molar-refractivity contribution in [2.75, 3.05) is 20.6 Å². The van der Waals surface area contributed by atoms with Crippen molar-refractivity contribution in [3.8, 4) is 17.5 Å². The number of ether oxygens (including phenoxy) is 2. The minimum atomic E-state index is -4.20. The Morgan fingerprint density at radius 2 is 1.80 bits per heavy atom. The van der Waals surface area contributed by atoms with E-state index in [0.29, 0.717) is 42.0 Å². The first-order valence-electron chi connectivity index (χ1n) is 22.0. The van der Waals surface area contributed by atoms with E-state index in [-0.39, 0.29) is 37.9 Å². The lowest BCUT2D eigenvalue weighted by Crippen LogP contribution is -2.58. The topological polar surface area (TPSA) is 207 Å². The molecule has 344 valence electrons. The van der Waals surface area contributed by atoms with Gasteiger partial charge in [0.05, 0.1) is 23.3 Å². The lowest BCUT2D eigenvalue weighted by molar-refractivity contribution is -0.141. The molecule has 2 fully saturated rings. The second-order valence-electron chi connectivity index (χ2n) is 18.5. The third-order valence-corrected chi connectivity index (χ3v) is 13.3. The Morgan fingerprint density at radius 3 is 2.50 bits per heavy atom. The van der Waals surface area contributed by atoms with E-state index in [2.05, 4.69) is 15.4 Å². The van der Waals surface area contributed by atoms with Crippen LogP contribution in [0, 0.1) is 12.8 Å². The summed E-state index contributed by atoms with van der Waals surface area (Å²) in [6.45, 7) is 11.0. The van der Waals surface area contributed by atoms with E-state index in [0.717, 1.165) is 33.9 Å². The van der Waals surface area contributed by atoms with Gasteiger partial charge in [-0.15, -0.1) is 0 Å². The van der Waals surface area contributed by atoms with Gasteiger partial charge in [-0.1, -0.05) is 61.4 Å². The van der Waals surface area contributed by atoms with Crippen molar-refractivity contribution in [2.45, 2.75) is 128 Å². The molecule has 2 aromatic carbocycles. The summed E-state index contributed by atoms with van der Waals surface area (Å²) in [5, 5.41) is 5.64. The zero-order valence-corrected chi connectivity index (χ0v) is 38.7. The highest BCUT2D eigenvalue weighted by molar-refractivity contribution is 7.87. The fraction of sp³-hybridized carbons (Fsp3) is 0.522. The van der Waals surface area contributed by atoms with E-state index < -0.39 is 69.3 Å². The van der Waals surface area contributed by atoms with E-state index in [4.69, 9.17) is 23.9 Å². The third kappa shape index (κ3) is 10.1. The van der Waals surface area contributed by atoms with E-state index >= 15 is 0 Å². The quantitative estimate of drug-likeness (QED) is 0.164. The predicted molar refractivity (Wildman–Crippen MR) is 239 cm³/mol. The van der Waals surface area contributed by atoms with Gasteiger partial charge in [0, 0.05) is 38.9 Å². The molecule has 4 heterocycles. The van der Waals surface area contributed by atoms with E-state index in [1.165, 1.54) is 19.0 Å². The lowest BCUT2D eigenvalue weighted by atomic mass is 10.0. The van der Waals surface area contributed by atoms with Crippen LogP contribution < -0.4 is 20.1 Å². The van der Waals surface area contributed by atoms with Crippen LogP contribution in [0.5, 0.6) is 6.01 Å². The molecule has 64 heavy (non-hydrogen) atoms. The summed E-state index contributed by atoms with van der Waals surface area (Å²) >= 11 is 0. The predicted octanol–water partition coefficient (Wildman–Crippen LogP) is 5.73. The van der Waals surface area contributed by atoms with Gasteiger partial charge in [0.15, 0.2) is 0 Å². The van der Waals surface area contributed by atoms with Crippen molar-refractivity contribution in [3.05, 3.63) is 77.7 Å². The Bertz CT molecular complexity index is 2530. The Balaban J connectivity index is 1.22. The average molecular weight is 901 g/mol. The zero-order valence-electron chi connectivity index (χ0n) is 37.8. The van der Waals surface area contributed by atoms with Gasteiger partial charge in [0.25, 0.3) is 11.9 Å². The zero-order chi connectivity index (χ0) is 46.1. The van der Waals surface area contributed by atoms with Gasteiger partial charge in [-0.2, -0.15) is 17.7 Å². The van der Waals surface area contributed by atoms with E-state index in [1.54, 1.807) is 20.8 Å². The monoisotopic (exact) mass is 900 g/mol. The SMILES string of the molecule is Cc1oc(-c2cccc3c2nc(O[C@@H]2C[C@H]4C(=O)N[C@]5(C(=O)NS(=O)(=O)N(C)C)C[C@H]5/C=C\CCCCC[C@H](NC(=O)OC(C)(C)C)C(=O)N4C2)n3C(C)C)nc1Cc1ccccc1. The van der Waals surface area contributed by atoms with Gasteiger partial charge < -0.3 is 29.4 Å². The molecular weight excluding hydrogens is 841 g/mol. The third-order valence-electron chi connectivity index (χ3n) is 11.9. The highest BCUT2D eigenvalue weighted by Gasteiger charge is 2.62. The number of aromatic nitrogens is 3. The minimum absolute atomic E-state index is 0.000863. The summed E-state index contributed by atoms with van der Waals surface area (Å²) < 4.78 is 49.1. The molecule has 3 N–H and O–H groups in total. The van der Waals surface area contributed by atoms with Crippen LogP contribution in [-0.4, -0.2) is 106 Å². The maximum atomic E-state index is 14.7. The smallest absolute Gasteiger partial charge is 0.408 e. The molecule has 2 aromatic heterocycles. The first-order valence-corrected chi connectivity index (χ1v) is 23.4. The van der Waals surface area contributed by atoms with Crippen LogP contribution in [0.2, 0.25) is 0 Å². The Hall–Kier alpha value is -5.75. The summed E-state index contributed by atoms with van der Waals surface area (Å²) in [7, 11) is -1.61. The van der Waals surface area contributed by atoms with Crippen LogP contribution in [0.15, 0.2) is 65.1 Å². The molecule has 4 amide bonds. The molecule has 3 aliphatic rings. The summed E-state index contributed by atoms with van der Waals surface area (Å²) in [4.78, 5) is 67.7. The van der Waals surface area contributed by atoms with Gasteiger partial charge >= 0.3 is 16.3 Å². The number of hydrogen-bond acceptors (Lipinski definition) is 11. The van der Waals surface area contributed by atoms with E-state index in [1.807, 2.05) is 86.0 Å². The number of amides is 4. The summed E-state index contributed by atoms with van der Waals surface area (Å²) in [5.41, 5.74) is 1.52. The number of aryl methyl sites for hydroxylation is 1. The fourth-order valence-corrected chi connectivity index (χ4v) is 9.01. The van der Waals surface area contributed by atoms with Crippen LogP contribution in [0.25, 0.3) is 22.5 Å². The molecule has 5 atom stereocenters. The number of fused-ring (bicyclic) bond motifs is 3. The molecule has 0 spiro atoms. The molecule has 0 radical (unpaired) electrons. The Kier molecular flexibility index (Phi) is 13.3. The molecule has 7 rings (SSSR count). The average Bonchev–Trinajstić information content (AvgIpc) is 3.45. The highest BCUT2D eigenvalue weighted by Crippen LogP contribution is 2.46. The summed E-state index contributed by atoms with van der Waals surface area (Å²) in [6.07, 6.45) is 6.04. The Labute approximate surface area is 374 Å². The summed E-state index contributed by atoms with van der Waals surface area (Å²) in [6, 6.07) is 13.7. The van der Waals surface area contributed by atoms with Crippen LogP contribution in [-0.2, 0) is 35.8 Å². The van der Waals surface area contributed by atoms with Gasteiger partial charge in [0.1, 0.15) is 40.6 Å². The molecule has 18 heteroatoms. The first kappa shape index (κ1) is 46.2. The maximum Gasteiger partial charge on any atom is 0.408 e. The standard InChI is InChI=1S/C46H60N8O9S/c1-28(2)54-36-23-17-21-33(40-47-35(29(3)61-40)24-30-18-13-12-14-19-30)38(36)49-43(54)62-32-25-37-39(55)50-46(42(57)51-64(59,60)52(7)8)26-31(46)20-15-10-9-11-16-22-34(41(56)53(37)27-32)48-44(58)63-45(4,5)6/h12-15,17-21,23,28,31-32,34,37H,9-11,16,22,24-27H2,1-8H3,(H,48,58)(H,50,55)(H,51,57)/b20-15-/t31-,32-,34+,37+,46-/m1/s1. The number of nitrogens with zero attached hydrogens (tertiary/aromatic N) is 5. The Morgan fingerprint density at radius 1 is 1.05 bits per heavy atom. The lowest BCUT2D eigenvalue weighted by Gasteiger charge is -2.30. The maximum absolute atomic E-state index is 14.7. The van der Waals surface area contributed by atoms with Crippen LogP contribution in [0.4, 0.5) is 4.79 Å². The largest absolute Gasteiger partial charge is 0.459 e. The van der Waals surface area contributed by atoms with Crippen LogP contribution >= 0.6 is 0 Å². The number of alkyl carbamates (subject to hydrolysis) is 1. The van der Waals surface area contributed by atoms with Crippen molar-refractivity contribution in [1.82, 2.24) is 39.1 Å². The van der Waals surface area contributed by atoms with Crippen molar-refractivity contribution in [1.29, 1.82) is 0 Å². The number of hydrogen-bond donors (Lipinski definition) is 3. The fourth-order valence-electron chi connectivity index (χ4n) is 8.41. The van der Waals surface area contributed by atoms with Crippen LogP contribution in [0.3, 0.4) is 0 Å². The molecule has 1 saturated heterocycles. The van der Waals surface area contributed by atoms with Crippen molar-refractivity contribution in [3.63, 3.8) is 0 Å². The number of nitrogens with one attached hydrogen (secondary N) is 3. The number of oxazole rings is 1. The first-order chi connectivity index (χ1) is 30.3. The number of carbonyl (C=O) groups is 4. The number of rotatable bonds is 10. The normalized spacial score (nSPS) is 23.8. The summed E-state index contributed by atoms with van der Waals surface area (Å²) in [5.74, 6) is -1.44. The number of benzene rings is 2. The van der Waals surface area contributed by atoms with Gasteiger partial charge in [-0.3, -0.25) is 19.0 Å². The number of imidazole rings is 1. The van der Waals surface area contributed by atoms with Gasteiger partial charge in [0.2, 0.25) is 17.7 Å². The van der Waals surface area contributed by atoms with Crippen molar-refractivity contribution >= 4 is 45.1 Å².